The van der Waals surface area contributed by atoms with Gasteiger partial charge in [0, 0.05) is 6.92 Å². The van der Waals surface area contributed by atoms with Crippen molar-refractivity contribution in [3.63, 3.8) is 0 Å². The van der Waals surface area contributed by atoms with Crippen LogP contribution in [0.25, 0.3) is 0 Å². The zero-order valence-corrected chi connectivity index (χ0v) is 9.80. The van der Waals surface area contributed by atoms with Gasteiger partial charge in [0.25, 0.3) is 5.92 Å². The number of hydrogen-bond donors (Lipinski definition) is 1. The van der Waals surface area contributed by atoms with Crippen LogP contribution in [-0.2, 0) is 11.2 Å². The van der Waals surface area contributed by atoms with E-state index >= 15 is 0 Å². The summed E-state index contributed by atoms with van der Waals surface area (Å²) in [7, 11) is 0. The number of ether oxygens (including phenoxy) is 1. The first-order valence-electron chi connectivity index (χ1n) is 4.79. The Morgan fingerprint density at radius 2 is 2.18 bits per heavy atom. The van der Waals surface area contributed by atoms with E-state index in [0.29, 0.717) is 5.56 Å². The van der Waals surface area contributed by atoms with Gasteiger partial charge in [-0.3, -0.25) is 4.79 Å². The van der Waals surface area contributed by atoms with E-state index in [0.717, 1.165) is 6.92 Å². The van der Waals surface area contributed by atoms with Crippen LogP contribution in [0.5, 0.6) is 5.75 Å². The molecule has 1 N–H and O–H groups in total. The van der Waals surface area contributed by atoms with Crippen molar-refractivity contribution in [3.05, 3.63) is 28.8 Å². The highest BCUT2D eigenvalue weighted by Crippen LogP contribution is 2.27. The number of benzene rings is 1. The molecular formula is C11H11ClF2O3. The van der Waals surface area contributed by atoms with E-state index in [1.54, 1.807) is 0 Å². The molecule has 0 spiro atoms. The standard InChI is InChI=1S/C11H11ClF2O3/c1-11(13,14)6-17-9-3-2-7(4-8(9)12)5-10(15)16/h2-4H,5-6H2,1H3,(H,15,16). The van der Waals surface area contributed by atoms with E-state index in [4.69, 9.17) is 21.4 Å². The van der Waals surface area contributed by atoms with E-state index in [2.05, 4.69) is 0 Å². The van der Waals surface area contributed by atoms with Crippen LogP contribution in [0.1, 0.15) is 12.5 Å². The van der Waals surface area contributed by atoms with Crippen molar-refractivity contribution in [2.24, 2.45) is 0 Å². The van der Waals surface area contributed by atoms with Gasteiger partial charge in [-0.1, -0.05) is 17.7 Å². The van der Waals surface area contributed by atoms with Gasteiger partial charge in [0.15, 0.2) is 6.61 Å². The molecule has 0 heterocycles. The molecule has 0 unspecified atom stereocenters. The van der Waals surface area contributed by atoms with Crippen molar-refractivity contribution in [3.8, 4) is 5.75 Å². The summed E-state index contributed by atoms with van der Waals surface area (Å²) >= 11 is 5.78. The van der Waals surface area contributed by atoms with E-state index in [1.165, 1.54) is 18.2 Å². The number of rotatable bonds is 5. The highest BCUT2D eigenvalue weighted by Gasteiger charge is 2.22. The fourth-order valence-electron chi connectivity index (χ4n) is 1.15. The maximum Gasteiger partial charge on any atom is 0.307 e. The van der Waals surface area contributed by atoms with Crippen molar-refractivity contribution in [2.75, 3.05) is 6.61 Å². The lowest BCUT2D eigenvalue weighted by atomic mass is 10.1. The molecule has 0 aliphatic heterocycles. The normalized spacial score (nSPS) is 11.3. The summed E-state index contributed by atoms with van der Waals surface area (Å²) in [6.45, 7) is -0.0370. The Labute approximate surface area is 102 Å². The SMILES string of the molecule is CC(F)(F)COc1ccc(CC(=O)O)cc1Cl. The smallest absolute Gasteiger partial charge is 0.307 e. The van der Waals surface area contributed by atoms with Gasteiger partial charge in [-0.15, -0.1) is 0 Å². The third-order valence-corrected chi connectivity index (χ3v) is 2.13. The lowest BCUT2D eigenvalue weighted by molar-refractivity contribution is -0.136. The van der Waals surface area contributed by atoms with Gasteiger partial charge in [0.2, 0.25) is 0 Å². The molecule has 0 fully saturated rings. The third-order valence-electron chi connectivity index (χ3n) is 1.83. The average molecular weight is 265 g/mol. The predicted octanol–water partition coefficient (Wildman–Crippen LogP) is 3.00. The summed E-state index contributed by atoms with van der Waals surface area (Å²) < 4.78 is 29.9. The van der Waals surface area contributed by atoms with Crippen molar-refractivity contribution in [1.82, 2.24) is 0 Å². The van der Waals surface area contributed by atoms with Crippen LogP contribution in [0.15, 0.2) is 18.2 Å². The molecule has 17 heavy (non-hydrogen) atoms. The lowest BCUT2D eigenvalue weighted by Gasteiger charge is -2.13. The Morgan fingerprint density at radius 3 is 2.65 bits per heavy atom. The van der Waals surface area contributed by atoms with Gasteiger partial charge in [-0.05, 0) is 17.7 Å². The van der Waals surface area contributed by atoms with Crippen LogP contribution in [-0.4, -0.2) is 23.6 Å². The quantitative estimate of drug-likeness (QED) is 0.889. The predicted molar refractivity (Wildman–Crippen MR) is 58.9 cm³/mol. The fourth-order valence-corrected chi connectivity index (χ4v) is 1.41. The van der Waals surface area contributed by atoms with Crippen molar-refractivity contribution in [1.29, 1.82) is 0 Å². The second kappa shape index (κ2) is 5.31. The maximum absolute atomic E-state index is 12.5. The van der Waals surface area contributed by atoms with Gasteiger partial charge >= 0.3 is 5.97 Å². The zero-order chi connectivity index (χ0) is 13.1. The molecule has 1 aromatic carbocycles. The molecule has 0 aromatic heterocycles. The second-order valence-electron chi connectivity index (χ2n) is 3.69. The Bertz CT molecular complexity index is 416. The van der Waals surface area contributed by atoms with Crippen LogP contribution >= 0.6 is 11.6 Å². The highest BCUT2D eigenvalue weighted by atomic mass is 35.5. The number of carboxylic acid groups (broad SMARTS) is 1. The molecule has 0 bridgehead atoms. The third kappa shape index (κ3) is 4.99. The molecule has 3 nitrogen and oxygen atoms in total. The zero-order valence-electron chi connectivity index (χ0n) is 9.04. The van der Waals surface area contributed by atoms with Crippen molar-refractivity contribution < 1.29 is 23.4 Å². The molecule has 1 rings (SSSR count). The number of halogens is 3. The molecule has 6 heteroatoms. The molecule has 0 amide bonds. The van der Waals surface area contributed by atoms with Crippen LogP contribution in [0, 0.1) is 0 Å². The number of alkyl halides is 2. The highest BCUT2D eigenvalue weighted by molar-refractivity contribution is 6.32. The van der Waals surface area contributed by atoms with Gasteiger partial charge in [0.1, 0.15) is 5.75 Å². The van der Waals surface area contributed by atoms with Crippen LogP contribution in [0.2, 0.25) is 5.02 Å². The molecule has 0 saturated carbocycles. The number of carboxylic acids is 1. The van der Waals surface area contributed by atoms with E-state index in [9.17, 15) is 13.6 Å². The molecule has 94 valence electrons. The molecule has 0 aliphatic rings. The summed E-state index contributed by atoms with van der Waals surface area (Å²) in [6.07, 6.45) is -0.177. The minimum Gasteiger partial charge on any atom is -0.486 e. The van der Waals surface area contributed by atoms with E-state index in [1.807, 2.05) is 0 Å². The number of aliphatic carboxylic acids is 1. The minimum absolute atomic E-state index is 0.113. The van der Waals surface area contributed by atoms with Crippen LogP contribution in [0.3, 0.4) is 0 Å². The topological polar surface area (TPSA) is 46.5 Å². The molecule has 0 radical (unpaired) electrons. The largest absolute Gasteiger partial charge is 0.486 e. The van der Waals surface area contributed by atoms with Gasteiger partial charge in [-0.2, -0.15) is 0 Å². The Hall–Kier alpha value is -1.36. The van der Waals surface area contributed by atoms with Gasteiger partial charge < -0.3 is 9.84 Å². The fraction of sp³-hybridized carbons (Fsp3) is 0.364. The molecule has 1 aromatic rings. The average Bonchev–Trinajstić information content (AvgIpc) is 2.13. The van der Waals surface area contributed by atoms with E-state index < -0.39 is 18.5 Å². The van der Waals surface area contributed by atoms with Crippen LogP contribution in [0.4, 0.5) is 8.78 Å². The van der Waals surface area contributed by atoms with Crippen molar-refractivity contribution in [2.45, 2.75) is 19.3 Å². The van der Waals surface area contributed by atoms with Gasteiger partial charge in [-0.25, -0.2) is 8.78 Å². The summed E-state index contributed by atoms with van der Waals surface area (Å²) in [5.41, 5.74) is 0.484. The van der Waals surface area contributed by atoms with Crippen LogP contribution < -0.4 is 4.74 Å². The summed E-state index contributed by atoms with van der Waals surface area (Å²) in [4.78, 5) is 10.4. The maximum atomic E-state index is 12.5. The summed E-state index contributed by atoms with van der Waals surface area (Å²) in [5.74, 6) is -3.82. The molecule has 0 aliphatic carbocycles. The Balaban J connectivity index is 2.73. The number of carbonyl (C=O) groups is 1. The summed E-state index contributed by atoms with van der Waals surface area (Å²) in [6, 6.07) is 4.24. The summed E-state index contributed by atoms with van der Waals surface area (Å²) in [5, 5.41) is 8.68. The monoisotopic (exact) mass is 264 g/mol. The Morgan fingerprint density at radius 1 is 1.53 bits per heavy atom. The Kier molecular flexibility index (Phi) is 4.28. The first-order chi connectivity index (χ1) is 7.78. The first-order valence-corrected chi connectivity index (χ1v) is 5.16. The van der Waals surface area contributed by atoms with Gasteiger partial charge in [0.05, 0.1) is 11.4 Å². The lowest BCUT2D eigenvalue weighted by Crippen LogP contribution is -2.21. The molecule has 0 atom stereocenters. The number of hydrogen-bond acceptors (Lipinski definition) is 2. The van der Waals surface area contributed by atoms with Crippen molar-refractivity contribution >= 4 is 17.6 Å². The first kappa shape index (κ1) is 13.7. The second-order valence-corrected chi connectivity index (χ2v) is 4.10. The molecule has 0 saturated heterocycles. The molecular weight excluding hydrogens is 254 g/mol. The van der Waals surface area contributed by atoms with E-state index in [-0.39, 0.29) is 17.2 Å². The minimum atomic E-state index is -2.94.